The lowest BCUT2D eigenvalue weighted by Crippen LogP contribution is -2.26. The molecule has 5 rings (SSSR count). The molecular formula is C24H19BrN4O5. The summed E-state index contributed by atoms with van der Waals surface area (Å²) in [5, 5.41) is 8.64. The van der Waals surface area contributed by atoms with Crippen LogP contribution in [-0.2, 0) is 22.7 Å². The Balaban J connectivity index is 1.36. The van der Waals surface area contributed by atoms with Gasteiger partial charge in [0.1, 0.15) is 23.4 Å². The Bertz CT molecular complexity index is 1510. The highest BCUT2D eigenvalue weighted by atomic mass is 79.9. The summed E-state index contributed by atoms with van der Waals surface area (Å²) in [5.74, 6) is -1.91. The monoisotopic (exact) mass is 522 g/mol. The molecule has 1 amide bonds. The van der Waals surface area contributed by atoms with Crippen molar-refractivity contribution in [3.8, 4) is 0 Å². The van der Waals surface area contributed by atoms with E-state index in [1.807, 2.05) is 19.9 Å². The molecular weight excluding hydrogens is 504 g/mol. The molecule has 34 heavy (non-hydrogen) atoms. The first kappa shape index (κ1) is 22.1. The van der Waals surface area contributed by atoms with Crippen LogP contribution in [0, 0.1) is 5.92 Å². The topological polar surface area (TPSA) is 115 Å². The van der Waals surface area contributed by atoms with Gasteiger partial charge in [-0.25, -0.2) is 9.48 Å². The van der Waals surface area contributed by atoms with E-state index in [9.17, 15) is 19.2 Å². The fourth-order valence-corrected chi connectivity index (χ4v) is 4.86. The Labute approximate surface area is 201 Å². The van der Waals surface area contributed by atoms with Crippen molar-refractivity contribution in [2.24, 2.45) is 5.92 Å². The van der Waals surface area contributed by atoms with Crippen LogP contribution in [0.1, 0.15) is 36.3 Å². The number of allylic oxidation sites excluding steroid dienone is 4. The Morgan fingerprint density at radius 1 is 1.21 bits per heavy atom. The molecule has 1 unspecified atom stereocenters. The molecule has 2 aliphatic rings. The number of likely N-dealkylation sites (tertiary alicyclic amines) is 1. The van der Waals surface area contributed by atoms with E-state index in [0.29, 0.717) is 28.8 Å². The zero-order valence-corrected chi connectivity index (χ0v) is 20.0. The van der Waals surface area contributed by atoms with Crippen molar-refractivity contribution < 1.29 is 18.8 Å². The SMILES string of the molecule is CC1=CC(C)=C2C(C1)C(=O)C(=O)N2Cc1cn(CC(=O)c2cc3ccc(Br)cc3oc2=O)nn1. The van der Waals surface area contributed by atoms with Crippen molar-refractivity contribution in [2.45, 2.75) is 33.4 Å². The van der Waals surface area contributed by atoms with E-state index in [1.165, 1.54) is 21.8 Å². The fourth-order valence-electron chi connectivity index (χ4n) is 4.52. The van der Waals surface area contributed by atoms with Crippen LogP contribution in [0.25, 0.3) is 11.0 Å². The van der Waals surface area contributed by atoms with Crippen LogP contribution >= 0.6 is 15.9 Å². The molecule has 1 aliphatic carbocycles. The summed E-state index contributed by atoms with van der Waals surface area (Å²) in [6.45, 7) is 3.67. The maximum absolute atomic E-state index is 12.8. The summed E-state index contributed by atoms with van der Waals surface area (Å²) in [6, 6.07) is 6.68. The highest BCUT2D eigenvalue weighted by Gasteiger charge is 2.45. The van der Waals surface area contributed by atoms with Gasteiger partial charge in [-0.2, -0.15) is 0 Å². The highest BCUT2D eigenvalue weighted by Crippen LogP contribution is 2.38. The number of fused-ring (bicyclic) bond motifs is 2. The number of benzene rings is 1. The van der Waals surface area contributed by atoms with Crippen LogP contribution < -0.4 is 5.63 Å². The Morgan fingerprint density at radius 2 is 2.00 bits per heavy atom. The number of hydrogen-bond acceptors (Lipinski definition) is 7. The van der Waals surface area contributed by atoms with E-state index in [1.54, 1.807) is 18.2 Å². The molecule has 1 atom stereocenters. The smallest absolute Gasteiger partial charge is 0.347 e. The number of hydrogen-bond donors (Lipinski definition) is 0. The molecule has 9 nitrogen and oxygen atoms in total. The molecule has 10 heteroatoms. The number of ketones is 2. The summed E-state index contributed by atoms with van der Waals surface area (Å²) >= 11 is 3.32. The van der Waals surface area contributed by atoms with Gasteiger partial charge in [0.15, 0.2) is 5.78 Å². The lowest BCUT2D eigenvalue weighted by molar-refractivity contribution is -0.140. The second-order valence-corrected chi connectivity index (χ2v) is 9.45. The molecule has 0 N–H and O–H groups in total. The molecule has 1 fully saturated rings. The molecule has 1 aliphatic heterocycles. The molecule has 3 aromatic rings. The van der Waals surface area contributed by atoms with Gasteiger partial charge in [0.2, 0.25) is 5.78 Å². The van der Waals surface area contributed by atoms with Gasteiger partial charge in [0, 0.05) is 15.6 Å². The van der Waals surface area contributed by atoms with Gasteiger partial charge in [-0.15, -0.1) is 5.10 Å². The second kappa shape index (κ2) is 8.28. The van der Waals surface area contributed by atoms with Gasteiger partial charge in [0.05, 0.1) is 18.7 Å². The molecule has 0 saturated carbocycles. The maximum Gasteiger partial charge on any atom is 0.347 e. The number of halogens is 1. The third-order valence-electron chi connectivity index (χ3n) is 6.00. The normalized spacial score (nSPS) is 18.0. The third-order valence-corrected chi connectivity index (χ3v) is 6.49. The highest BCUT2D eigenvalue weighted by molar-refractivity contribution is 9.10. The van der Waals surface area contributed by atoms with E-state index < -0.39 is 29.0 Å². The van der Waals surface area contributed by atoms with Crippen molar-refractivity contribution in [2.75, 3.05) is 0 Å². The predicted molar refractivity (Wildman–Crippen MR) is 125 cm³/mol. The standard InChI is InChI=1S/C24H19BrN4O5/c1-12-5-13(2)21-18(6-12)22(31)23(32)29(21)10-16-9-28(27-26-16)11-19(30)17-7-14-3-4-15(25)8-20(14)34-24(17)33/h3-5,7-9,18H,6,10-11H2,1-2H3. The van der Waals surface area contributed by atoms with Gasteiger partial charge in [-0.05, 0) is 44.0 Å². The number of rotatable bonds is 5. The molecule has 1 aromatic carbocycles. The zero-order valence-electron chi connectivity index (χ0n) is 18.4. The minimum absolute atomic E-state index is 0.0712. The van der Waals surface area contributed by atoms with Gasteiger partial charge in [0.25, 0.3) is 5.91 Å². The molecule has 172 valence electrons. The average Bonchev–Trinajstić information content (AvgIpc) is 3.31. The van der Waals surface area contributed by atoms with Crippen LogP contribution in [0.5, 0.6) is 0 Å². The average molecular weight is 523 g/mol. The van der Waals surface area contributed by atoms with E-state index in [4.69, 9.17) is 4.42 Å². The zero-order chi connectivity index (χ0) is 24.1. The number of carbonyl (C=O) groups is 3. The number of aromatic nitrogens is 3. The first-order valence-corrected chi connectivity index (χ1v) is 11.4. The van der Waals surface area contributed by atoms with Crippen molar-refractivity contribution in [3.63, 3.8) is 0 Å². The van der Waals surface area contributed by atoms with Crippen LogP contribution in [0.2, 0.25) is 0 Å². The lowest BCUT2D eigenvalue weighted by Gasteiger charge is -2.23. The van der Waals surface area contributed by atoms with E-state index in [-0.39, 0.29) is 18.7 Å². The van der Waals surface area contributed by atoms with Crippen LogP contribution in [-0.4, -0.2) is 37.4 Å². The summed E-state index contributed by atoms with van der Waals surface area (Å²) in [7, 11) is 0. The first-order valence-electron chi connectivity index (χ1n) is 10.6. The van der Waals surface area contributed by atoms with Gasteiger partial charge in [-0.3, -0.25) is 14.4 Å². The number of carbonyl (C=O) groups excluding carboxylic acids is 3. The van der Waals surface area contributed by atoms with Gasteiger partial charge >= 0.3 is 5.63 Å². The number of amides is 1. The maximum atomic E-state index is 12.8. The molecule has 0 spiro atoms. The van der Waals surface area contributed by atoms with E-state index in [2.05, 4.69) is 26.2 Å². The minimum Gasteiger partial charge on any atom is -0.422 e. The minimum atomic E-state index is -0.730. The largest absolute Gasteiger partial charge is 0.422 e. The summed E-state index contributed by atoms with van der Waals surface area (Å²) in [6.07, 6.45) is 4.04. The van der Waals surface area contributed by atoms with Gasteiger partial charge < -0.3 is 9.32 Å². The fraction of sp³-hybridized carbons (Fsp3) is 0.250. The van der Waals surface area contributed by atoms with Crippen LogP contribution in [0.3, 0.4) is 0 Å². The van der Waals surface area contributed by atoms with Crippen molar-refractivity contribution >= 4 is 44.4 Å². The van der Waals surface area contributed by atoms with Crippen LogP contribution in [0.4, 0.5) is 0 Å². The van der Waals surface area contributed by atoms with Crippen molar-refractivity contribution in [1.29, 1.82) is 0 Å². The molecule has 2 aromatic heterocycles. The Morgan fingerprint density at radius 3 is 2.79 bits per heavy atom. The van der Waals surface area contributed by atoms with E-state index >= 15 is 0 Å². The van der Waals surface area contributed by atoms with Crippen molar-refractivity contribution in [3.05, 3.63) is 79.5 Å². The molecule has 1 saturated heterocycles. The third kappa shape index (κ3) is 3.83. The van der Waals surface area contributed by atoms with Gasteiger partial charge in [-0.1, -0.05) is 38.9 Å². The Kier molecular flexibility index (Phi) is 5.40. The molecule has 3 heterocycles. The first-order chi connectivity index (χ1) is 16.2. The Hall–Kier alpha value is -3.66. The van der Waals surface area contributed by atoms with Crippen LogP contribution in [0.15, 0.2) is 67.1 Å². The summed E-state index contributed by atoms with van der Waals surface area (Å²) < 4.78 is 7.34. The summed E-state index contributed by atoms with van der Waals surface area (Å²) in [4.78, 5) is 51.7. The molecule has 0 radical (unpaired) electrons. The van der Waals surface area contributed by atoms with Crippen molar-refractivity contribution in [1.82, 2.24) is 19.9 Å². The number of nitrogens with zero attached hydrogens (tertiary/aromatic N) is 4. The molecule has 0 bridgehead atoms. The predicted octanol–water partition coefficient (Wildman–Crippen LogP) is 3.18. The van der Waals surface area contributed by atoms with E-state index in [0.717, 1.165) is 15.6 Å². The quantitative estimate of drug-likeness (QED) is 0.287. The number of Topliss-reactive ketones (excluding diaryl/α,β-unsaturated/α-hetero) is 2. The lowest BCUT2D eigenvalue weighted by atomic mass is 9.88. The second-order valence-electron chi connectivity index (χ2n) is 8.53. The summed E-state index contributed by atoms with van der Waals surface area (Å²) in [5.41, 5.74) is 2.63.